The molecule has 128 valence electrons. The van der Waals surface area contributed by atoms with Gasteiger partial charge >= 0.3 is 0 Å². The van der Waals surface area contributed by atoms with E-state index in [4.69, 9.17) is 12.2 Å². The van der Waals surface area contributed by atoms with Gasteiger partial charge in [0, 0.05) is 39.9 Å². The van der Waals surface area contributed by atoms with E-state index in [-0.39, 0.29) is 18.7 Å². The van der Waals surface area contributed by atoms with Gasteiger partial charge in [-0.05, 0) is 67.2 Å². The first kappa shape index (κ1) is 17.6. The molecule has 1 aliphatic heterocycles. The molecule has 3 rings (SSSR count). The number of nitrogens with one attached hydrogen (secondary N) is 2. The number of halogens is 1. The highest BCUT2D eigenvalue weighted by atomic mass is 127. The second-order valence-corrected chi connectivity index (χ2v) is 7.47. The lowest BCUT2D eigenvalue weighted by Gasteiger charge is -2.28. The SMILES string of the molecule is Cc1[nH]c(C)c(C2C(c3ccccn3)NC(=S)N2CCCO)c1I. The summed E-state index contributed by atoms with van der Waals surface area (Å²) < 4.78 is 1.23. The average Bonchev–Trinajstić information content (AvgIpc) is 3.02. The number of H-pyrrole nitrogens is 1. The highest BCUT2D eigenvalue weighted by Crippen LogP contribution is 2.42. The number of aromatic nitrogens is 2. The number of aliphatic hydroxyl groups excluding tert-OH is 1. The van der Waals surface area contributed by atoms with Crippen molar-refractivity contribution in [3.8, 4) is 0 Å². The number of aliphatic hydroxyl groups is 1. The Bertz CT molecular complexity index is 734. The first-order chi connectivity index (χ1) is 11.5. The Kier molecular flexibility index (Phi) is 5.41. The summed E-state index contributed by atoms with van der Waals surface area (Å²) in [6, 6.07) is 6.02. The topological polar surface area (TPSA) is 64.2 Å². The molecule has 1 saturated heterocycles. The molecule has 0 aromatic carbocycles. The molecular weight excluding hydrogens is 435 g/mol. The van der Waals surface area contributed by atoms with Gasteiger partial charge in [0.25, 0.3) is 0 Å². The molecular formula is C17H21IN4OS. The molecule has 1 fully saturated rings. The molecule has 2 atom stereocenters. The number of hydrogen-bond acceptors (Lipinski definition) is 3. The summed E-state index contributed by atoms with van der Waals surface area (Å²) in [6.45, 7) is 5.07. The number of aromatic amines is 1. The van der Waals surface area contributed by atoms with E-state index in [1.54, 1.807) is 0 Å². The van der Waals surface area contributed by atoms with Gasteiger partial charge in [-0.2, -0.15) is 0 Å². The quantitative estimate of drug-likeness (QED) is 0.477. The number of aryl methyl sites for hydroxylation is 2. The van der Waals surface area contributed by atoms with Crippen molar-refractivity contribution < 1.29 is 5.11 Å². The lowest BCUT2D eigenvalue weighted by molar-refractivity contribution is 0.247. The van der Waals surface area contributed by atoms with Crippen molar-refractivity contribution in [2.75, 3.05) is 13.2 Å². The van der Waals surface area contributed by atoms with Crippen molar-refractivity contribution >= 4 is 39.9 Å². The van der Waals surface area contributed by atoms with Crippen molar-refractivity contribution in [2.24, 2.45) is 0 Å². The summed E-state index contributed by atoms with van der Waals surface area (Å²) in [5.41, 5.74) is 4.56. The predicted molar refractivity (Wildman–Crippen MR) is 107 cm³/mol. The van der Waals surface area contributed by atoms with Crippen LogP contribution in [0.3, 0.4) is 0 Å². The summed E-state index contributed by atoms with van der Waals surface area (Å²) in [6.07, 6.45) is 2.50. The van der Waals surface area contributed by atoms with Crippen molar-refractivity contribution in [2.45, 2.75) is 32.4 Å². The molecule has 3 heterocycles. The van der Waals surface area contributed by atoms with Crippen molar-refractivity contribution in [1.29, 1.82) is 0 Å². The zero-order chi connectivity index (χ0) is 17.3. The predicted octanol–water partition coefficient (Wildman–Crippen LogP) is 2.99. The maximum atomic E-state index is 9.26. The molecule has 0 radical (unpaired) electrons. The largest absolute Gasteiger partial charge is 0.396 e. The third-order valence-electron chi connectivity index (χ3n) is 4.40. The van der Waals surface area contributed by atoms with Gasteiger partial charge in [-0.3, -0.25) is 4.98 Å². The maximum Gasteiger partial charge on any atom is 0.170 e. The Balaban J connectivity index is 2.07. The highest BCUT2D eigenvalue weighted by molar-refractivity contribution is 14.1. The number of pyridine rings is 1. The van der Waals surface area contributed by atoms with Crippen LogP contribution in [0.2, 0.25) is 0 Å². The van der Waals surface area contributed by atoms with E-state index < -0.39 is 0 Å². The Morgan fingerprint density at radius 1 is 1.33 bits per heavy atom. The first-order valence-electron chi connectivity index (χ1n) is 7.98. The molecule has 0 bridgehead atoms. The fourth-order valence-corrected chi connectivity index (χ4v) is 4.51. The molecule has 5 nitrogen and oxygen atoms in total. The number of thiocarbonyl (C=S) groups is 1. The highest BCUT2D eigenvalue weighted by Gasteiger charge is 2.41. The van der Waals surface area contributed by atoms with Gasteiger partial charge in [0.15, 0.2) is 5.11 Å². The van der Waals surface area contributed by atoms with E-state index in [0.717, 1.165) is 23.0 Å². The van der Waals surface area contributed by atoms with Crippen molar-refractivity contribution in [1.82, 2.24) is 20.2 Å². The number of hydrogen-bond donors (Lipinski definition) is 3. The monoisotopic (exact) mass is 456 g/mol. The van der Waals surface area contributed by atoms with Gasteiger partial charge in [-0.1, -0.05) is 6.07 Å². The number of nitrogens with zero attached hydrogens (tertiary/aromatic N) is 2. The second kappa shape index (κ2) is 7.37. The molecule has 3 N–H and O–H groups in total. The van der Waals surface area contributed by atoms with E-state index in [9.17, 15) is 5.11 Å². The molecule has 2 aromatic heterocycles. The summed E-state index contributed by atoms with van der Waals surface area (Å²) >= 11 is 7.99. The first-order valence-corrected chi connectivity index (χ1v) is 9.46. The van der Waals surface area contributed by atoms with Crippen LogP contribution in [0.1, 0.15) is 41.1 Å². The van der Waals surface area contributed by atoms with Gasteiger partial charge in [0.2, 0.25) is 0 Å². The number of rotatable bonds is 5. The summed E-state index contributed by atoms with van der Waals surface area (Å²) in [5.74, 6) is 0. The van der Waals surface area contributed by atoms with Crippen LogP contribution >= 0.6 is 34.8 Å². The minimum Gasteiger partial charge on any atom is -0.396 e. The Morgan fingerprint density at radius 3 is 2.71 bits per heavy atom. The van der Waals surface area contributed by atoms with Crippen molar-refractivity contribution in [3.05, 3.63) is 50.6 Å². The lowest BCUT2D eigenvalue weighted by Crippen LogP contribution is -2.31. The van der Waals surface area contributed by atoms with Crippen LogP contribution in [0.4, 0.5) is 0 Å². The smallest absolute Gasteiger partial charge is 0.170 e. The molecule has 2 unspecified atom stereocenters. The van der Waals surface area contributed by atoms with E-state index in [1.165, 1.54) is 14.8 Å². The Labute approximate surface area is 161 Å². The molecule has 0 amide bonds. The molecule has 2 aromatic rings. The molecule has 1 aliphatic rings. The summed E-state index contributed by atoms with van der Waals surface area (Å²) in [4.78, 5) is 10.2. The van der Waals surface area contributed by atoms with E-state index in [1.807, 2.05) is 24.4 Å². The standard InChI is InChI=1S/C17H21IN4OS/c1-10-13(14(18)11(2)20-10)16-15(12-6-3-4-7-19-12)21-17(24)22(16)8-5-9-23/h3-4,6-7,15-16,20,23H,5,8-9H2,1-2H3,(H,21,24). The molecule has 0 spiro atoms. The molecule has 0 saturated carbocycles. The van der Waals surface area contributed by atoms with Gasteiger partial charge in [-0.25, -0.2) is 0 Å². The summed E-state index contributed by atoms with van der Waals surface area (Å²) in [7, 11) is 0. The van der Waals surface area contributed by atoms with E-state index >= 15 is 0 Å². The van der Waals surface area contributed by atoms with Gasteiger partial charge in [0.1, 0.15) is 0 Å². The van der Waals surface area contributed by atoms with Crippen LogP contribution in [-0.2, 0) is 0 Å². The van der Waals surface area contributed by atoms with Crippen LogP contribution in [0, 0.1) is 17.4 Å². The fourth-order valence-electron chi connectivity index (χ4n) is 3.32. The Morgan fingerprint density at radius 2 is 2.12 bits per heavy atom. The third kappa shape index (κ3) is 3.16. The maximum absolute atomic E-state index is 9.26. The van der Waals surface area contributed by atoms with Crippen LogP contribution in [-0.4, -0.2) is 38.2 Å². The molecule has 0 aliphatic carbocycles. The third-order valence-corrected chi connectivity index (χ3v) is 6.14. The van der Waals surface area contributed by atoms with Gasteiger partial charge in [-0.15, -0.1) is 0 Å². The Hall–Kier alpha value is -1.19. The van der Waals surface area contributed by atoms with Crippen LogP contribution in [0.25, 0.3) is 0 Å². The van der Waals surface area contributed by atoms with Crippen molar-refractivity contribution in [3.63, 3.8) is 0 Å². The minimum atomic E-state index is -0.000177. The normalized spacial score (nSPS) is 20.5. The zero-order valence-corrected chi connectivity index (χ0v) is 16.7. The van der Waals surface area contributed by atoms with E-state index in [2.05, 4.69) is 56.6 Å². The van der Waals surface area contributed by atoms with Gasteiger partial charge < -0.3 is 20.3 Å². The summed E-state index contributed by atoms with van der Waals surface area (Å²) in [5, 5.41) is 13.4. The van der Waals surface area contributed by atoms with Crippen LogP contribution in [0.5, 0.6) is 0 Å². The zero-order valence-electron chi connectivity index (χ0n) is 13.7. The van der Waals surface area contributed by atoms with Crippen LogP contribution in [0.15, 0.2) is 24.4 Å². The fraction of sp³-hybridized carbons (Fsp3) is 0.412. The average molecular weight is 456 g/mol. The lowest BCUT2D eigenvalue weighted by atomic mass is 9.96. The molecule has 24 heavy (non-hydrogen) atoms. The second-order valence-electron chi connectivity index (χ2n) is 6.00. The van der Waals surface area contributed by atoms with Crippen LogP contribution < -0.4 is 5.32 Å². The van der Waals surface area contributed by atoms with E-state index in [0.29, 0.717) is 6.42 Å². The minimum absolute atomic E-state index is 0.000177. The molecule has 7 heteroatoms. The van der Waals surface area contributed by atoms with Gasteiger partial charge in [0.05, 0.1) is 17.8 Å².